The fraction of sp³-hybridized carbons (Fsp3) is 0.261. The van der Waals surface area contributed by atoms with Gasteiger partial charge in [-0.1, -0.05) is 35.9 Å². The zero-order valence-corrected chi connectivity index (χ0v) is 17.1. The second-order valence-corrected chi connectivity index (χ2v) is 7.18. The maximum absolute atomic E-state index is 14.8. The first-order valence-electron chi connectivity index (χ1n) is 9.15. The third-order valence-corrected chi connectivity index (χ3v) is 4.86. The van der Waals surface area contributed by atoms with Gasteiger partial charge in [0, 0.05) is 29.1 Å². The number of halogens is 2. The monoisotopic (exact) mass is 400 g/mol. The standard InChI is InChI=1S/C23H24ClFNO2/c1-26(2)13-14-28-21-12-11-16(17-7-4-5-8-19(17)24)15-18(21)23-20(25)9-6-10-22(23)27-3/h4-5,7-12,15H,6,13-14H2,1-3H3. The number of hydrogen-bond donors (Lipinski definition) is 0. The maximum Gasteiger partial charge on any atom is 0.127 e. The molecule has 28 heavy (non-hydrogen) atoms. The first-order valence-corrected chi connectivity index (χ1v) is 9.53. The number of nitrogens with zero attached hydrogens (tertiary/aromatic N) is 1. The molecule has 0 heterocycles. The summed E-state index contributed by atoms with van der Waals surface area (Å²) in [7, 11) is 5.51. The molecule has 0 saturated carbocycles. The molecule has 0 N–H and O–H groups in total. The Kier molecular flexibility index (Phi) is 6.76. The average molecular weight is 401 g/mol. The van der Waals surface area contributed by atoms with E-state index < -0.39 is 0 Å². The van der Waals surface area contributed by atoms with Crippen molar-refractivity contribution in [2.75, 3.05) is 34.4 Å². The van der Waals surface area contributed by atoms with Crippen LogP contribution in [0.25, 0.3) is 16.7 Å². The summed E-state index contributed by atoms with van der Waals surface area (Å²) in [6.45, 7) is 1.25. The van der Waals surface area contributed by atoms with Crippen molar-refractivity contribution in [1.82, 2.24) is 4.90 Å². The Morgan fingerprint density at radius 2 is 1.89 bits per heavy atom. The minimum Gasteiger partial charge on any atom is -0.496 e. The fourth-order valence-corrected chi connectivity index (χ4v) is 3.34. The molecule has 0 unspecified atom stereocenters. The van der Waals surface area contributed by atoms with Gasteiger partial charge < -0.3 is 14.4 Å². The van der Waals surface area contributed by atoms with Crippen molar-refractivity contribution in [1.29, 1.82) is 0 Å². The Morgan fingerprint density at radius 3 is 2.61 bits per heavy atom. The molecule has 2 aromatic rings. The minimum atomic E-state index is -0.312. The van der Waals surface area contributed by atoms with Gasteiger partial charge in [0.15, 0.2) is 0 Å². The third-order valence-electron chi connectivity index (χ3n) is 4.54. The second-order valence-electron chi connectivity index (χ2n) is 6.78. The predicted octanol–water partition coefficient (Wildman–Crippen LogP) is 5.77. The smallest absolute Gasteiger partial charge is 0.127 e. The summed E-state index contributed by atoms with van der Waals surface area (Å²) in [6.07, 6.45) is 3.91. The lowest BCUT2D eigenvalue weighted by molar-refractivity contribution is 0.260. The Balaban J connectivity index is 2.09. The van der Waals surface area contributed by atoms with E-state index in [9.17, 15) is 4.39 Å². The molecule has 3 rings (SSSR count). The van der Waals surface area contributed by atoms with Crippen LogP contribution in [0, 0.1) is 6.42 Å². The molecule has 0 aromatic heterocycles. The quantitative estimate of drug-likeness (QED) is 0.589. The Bertz CT molecular complexity index is 905. The van der Waals surface area contributed by atoms with E-state index in [0.717, 1.165) is 17.7 Å². The van der Waals surface area contributed by atoms with Gasteiger partial charge in [-0.3, -0.25) is 0 Å². The van der Waals surface area contributed by atoms with Crippen molar-refractivity contribution >= 4 is 17.2 Å². The summed E-state index contributed by atoms with van der Waals surface area (Å²) in [5.74, 6) is 0.808. The van der Waals surface area contributed by atoms with E-state index in [1.54, 1.807) is 13.5 Å². The summed E-state index contributed by atoms with van der Waals surface area (Å²) in [5, 5.41) is 0.641. The van der Waals surface area contributed by atoms with Crippen LogP contribution >= 0.6 is 11.6 Å². The molecular weight excluding hydrogens is 377 g/mol. The lowest BCUT2D eigenvalue weighted by atomic mass is 9.93. The zero-order valence-electron chi connectivity index (χ0n) is 16.3. The molecule has 3 nitrogen and oxygen atoms in total. The molecule has 5 heteroatoms. The van der Waals surface area contributed by atoms with Crippen LogP contribution in [0.1, 0.15) is 12.0 Å². The molecule has 0 atom stereocenters. The number of ether oxygens (including phenoxy) is 2. The van der Waals surface area contributed by atoms with Gasteiger partial charge in [-0.05, 0) is 50.4 Å². The van der Waals surface area contributed by atoms with Crippen LogP contribution in [0.3, 0.4) is 0 Å². The van der Waals surface area contributed by atoms with Crippen molar-refractivity contribution in [2.24, 2.45) is 0 Å². The van der Waals surface area contributed by atoms with Gasteiger partial charge >= 0.3 is 0 Å². The SMILES string of the molecule is COC1=CC[CH]C(F)=C1c1cc(-c2ccccc2Cl)ccc1OCCN(C)C. The molecule has 0 bridgehead atoms. The van der Waals surface area contributed by atoms with Crippen LogP contribution in [0.4, 0.5) is 4.39 Å². The number of methoxy groups -OCH3 is 1. The van der Waals surface area contributed by atoms with Crippen molar-refractivity contribution in [3.63, 3.8) is 0 Å². The van der Waals surface area contributed by atoms with Gasteiger partial charge in [-0.15, -0.1) is 0 Å². The van der Waals surface area contributed by atoms with E-state index in [2.05, 4.69) is 0 Å². The van der Waals surface area contributed by atoms with Crippen molar-refractivity contribution in [3.05, 3.63) is 77.1 Å². The number of rotatable bonds is 7. The van der Waals surface area contributed by atoms with E-state index in [-0.39, 0.29) is 5.83 Å². The molecule has 147 valence electrons. The number of hydrogen-bond acceptors (Lipinski definition) is 3. The average Bonchev–Trinajstić information content (AvgIpc) is 2.68. The highest BCUT2D eigenvalue weighted by molar-refractivity contribution is 6.33. The van der Waals surface area contributed by atoms with Crippen molar-refractivity contribution in [3.8, 4) is 16.9 Å². The Labute approximate surface area is 171 Å². The molecular formula is C23H24ClFNO2. The highest BCUT2D eigenvalue weighted by atomic mass is 35.5. The third kappa shape index (κ3) is 4.57. The number of likely N-dealkylation sites (N-methyl/N-ethyl adjacent to an activating group) is 1. The normalized spacial score (nSPS) is 14.3. The first-order chi connectivity index (χ1) is 13.5. The molecule has 1 aliphatic carbocycles. The summed E-state index contributed by atoms with van der Waals surface area (Å²) in [5.41, 5.74) is 2.83. The Hall–Kier alpha value is -2.30. The van der Waals surface area contributed by atoms with Gasteiger partial charge in [-0.2, -0.15) is 0 Å². The van der Waals surface area contributed by atoms with Gasteiger partial charge in [0.1, 0.15) is 23.9 Å². The summed E-state index contributed by atoms with van der Waals surface area (Å²) >= 11 is 6.37. The lowest BCUT2D eigenvalue weighted by Crippen LogP contribution is -2.19. The van der Waals surface area contributed by atoms with Gasteiger partial charge in [-0.25, -0.2) is 4.39 Å². The highest BCUT2D eigenvalue weighted by Crippen LogP contribution is 2.41. The molecule has 1 aliphatic rings. The molecule has 0 spiro atoms. The largest absolute Gasteiger partial charge is 0.496 e. The lowest BCUT2D eigenvalue weighted by Gasteiger charge is -2.21. The number of allylic oxidation sites excluding steroid dienone is 3. The maximum atomic E-state index is 14.8. The van der Waals surface area contributed by atoms with Crippen LogP contribution in [-0.4, -0.2) is 39.3 Å². The summed E-state index contributed by atoms with van der Waals surface area (Å²) in [6, 6.07) is 13.3. The minimum absolute atomic E-state index is 0.312. The Morgan fingerprint density at radius 1 is 1.11 bits per heavy atom. The van der Waals surface area contributed by atoms with Gasteiger partial charge in [0.25, 0.3) is 0 Å². The zero-order chi connectivity index (χ0) is 20.1. The molecule has 0 amide bonds. The fourth-order valence-electron chi connectivity index (χ4n) is 3.09. The van der Waals surface area contributed by atoms with Gasteiger partial charge in [0.2, 0.25) is 0 Å². The topological polar surface area (TPSA) is 21.7 Å². The second kappa shape index (κ2) is 9.26. The van der Waals surface area contributed by atoms with Crippen LogP contribution in [0.2, 0.25) is 5.02 Å². The number of benzene rings is 2. The van der Waals surface area contributed by atoms with Crippen molar-refractivity contribution in [2.45, 2.75) is 6.42 Å². The van der Waals surface area contributed by atoms with E-state index in [4.69, 9.17) is 21.1 Å². The molecule has 0 fully saturated rings. The predicted molar refractivity (Wildman–Crippen MR) is 113 cm³/mol. The molecule has 1 radical (unpaired) electrons. The van der Waals surface area contributed by atoms with Crippen LogP contribution in [0.5, 0.6) is 5.75 Å². The van der Waals surface area contributed by atoms with E-state index in [1.807, 2.05) is 67.5 Å². The van der Waals surface area contributed by atoms with E-state index in [1.165, 1.54) is 0 Å². The van der Waals surface area contributed by atoms with Crippen LogP contribution < -0.4 is 4.74 Å². The first kappa shape index (κ1) is 20.4. The molecule has 2 aromatic carbocycles. The molecule has 0 aliphatic heterocycles. The van der Waals surface area contributed by atoms with Gasteiger partial charge in [0.05, 0.1) is 12.7 Å². The summed E-state index contributed by atoms with van der Waals surface area (Å²) in [4.78, 5) is 2.03. The summed E-state index contributed by atoms with van der Waals surface area (Å²) < 4.78 is 26.3. The van der Waals surface area contributed by atoms with Crippen LogP contribution in [-0.2, 0) is 4.74 Å². The van der Waals surface area contributed by atoms with E-state index in [0.29, 0.717) is 40.7 Å². The highest BCUT2D eigenvalue weighted by Gasteiger charge is 2.23. The van der Waals surface area contributed by atoms with Crippen LogP contribution in [0.15, 0.2) is 60.1 Å². The van der Waals surface area contributed by atoms with E-state index >= 15 is 0 Å². The molecule has 0 saturated heterocycles. The van der Waals surface area contributed by atoms with Crippen molar-refractivity contribution < 1.29 is 13.9 Å².